The van der Waals surface area contributed by atoms with Crippen molar-refractivity contribution in [1.82, 2.24) is 42.1 Å². The molecule has 410 valence electrons. The van der Waals surface area contributed by atoms with Gasteiger partial charge in [0.1, 0.15) is 48.3 Å². The lowest BCUT2D eigenvalue weighted by molar-refractivity contribution is -0.143. The SMILES string of the molecule is CC(C)C[C@H](NC(=O)[C@H](CC(C)C)NC(=O)[C@@H](N)CCCCN)C(=O)N[C@@H](CCC(N)=O)C(=O)N[C@@H](CCCN=C(N)N)C(=O)N1CCC[C@H]1C(=O)N[C@H](C(=O)N[C@@H](C)C(=O)N[C@H](C(=O)O)C(C)C)C(C)C. The van der Waals surface area contributed by atoms with Crippen molar-refractivity contribution in [2.24, 2.45) is 57.3 Å². The van der Waals surface area contributed by atoms with Gasteiger partial charge in [-0.3, -0.25) is 48.1 Å². The van der Waals surface area contributed by atoms with Crippen LogP contribution in [0.1, 0.15) is 133 Å². The summed E-state index contributed by atoms with van der Waals surface area (Å²) in [6, 6.07) is -10.6. The van der Waals surface area contributed by atoms with Gasteiger partial charge in [0.05, 0.1) is 6.04 Å². The number of carbonyl (C=O) groups excluding carboxylic acids is 9. The molecule has 18 N–H and O–H groups in total. The Morgan fingerprint density at radius 1 is 0.597 bits per heavy atom. The van der Waals surface area contributed by atoms with Gasteiger partial charge in [0.15, 0.2) is 5.96 Å². The highest BCUT2D eigenvalue weighted by atomic mass is 16.4. The molecule has 0 aliphatic carbocycles. The molecule has 0 unspecified atom stereocenters. The minimum absolute atomic E-state index is 0.0507. The van der Waals surface area contributed by atoms with E-state index in [9.17, 15) is 53.1 Å². The number of carboxylic acids is 1. The van der Waals surface area contributed by atoms with Crippen LogP contribution in [0.2, 0.25) is 0 Å². The molecule has 1 heterocycles. The highest BCUT2D eigenvalue weighted by Crippen LogP contribution is 2.21. The zero-order chi connectivity index (χ0) is 55.0. The molecule has 1 rings (SSSR count). The normalized spacial score (nSPS) is 16.8. The van der Waals surface area contributed by atoms with Crippen LogP contribution in [0.4, 0.5) is 0 Å². The Labute approximate surface area is 423 Å². The number of hydrogen-bond donors (Lipinski definition) is 13. The van der Waals surface area contributed by atoms with Gasteiger partial charge >= 0.3 is 5.97 Å². The number of amides is 9. The zero-order valence-electron chi connectivity index (χ0n) is 43.7. The van der Waals surface area contributed by atoms with Crippen LogP contribution < -0.4 is 65.9 Å². The van der Waals surface area contributed by atoms with Crippen LogP contribution in [0.25, 0.3) is 0 Å². The highest BCUT2D eigenvalue weighted by molar-refractivity contribution is 5.98. The van der Waals surface area contributed by atoms with Gasteiger partial charge in [-0.25, -0.2) is 4.79 Å². The summed E-state index contributed by atoms with van der Waals surface area (Å²) in [5, 5.41) is 27.9. The van der Waals surface area contributed by atoms with Gasteiger partial charge in [-0.05, 0) is 94.9 Å². The van der Waals surface area contributed by atoms with Gasteiger partial charge in [-0.2, -0.15) is 0 Å². The van der Waals surface area contributed by atoms with E-state index < -0.39 is 125 Å². The lowest BCUT2D eigenvalue weighted by atomic mass is 9.99. The Kier molecular flexibility index (Phi) is 28.5. The van der Waals surface area contributed by atoms with Crippen molar-refractivity contribution in [3.05, 3.63) is 0 Å². The summed E-state index contributed by atoms with van der Waals surface area (Å²) in [6.45, 7) is 15.8. The molecule has 9 amide bonds. The maximum atomic E-state index is 14.5. The van der Waals surface area contributed by atoms with Crippen LogP contribution in [-0.2, 0) is 47.9 Å². The largest absolute Gasteiger partial charge is 0.480 e. The summed E-state index contributed by atoms with van der Waals surface area (Å²) < 4.78 is 0. The first-order chi connectivity index (χ1) is 33.6. The molecule has 0 saturated carbocycles. The minimum atomic E-state index is -1.46. The molecular formula is C47H86N14O11. The molecule has 0 aromatic carbocycles. The fraction of sp³-hybridized carbons (Fsp3) is 0.766. The number of nitrogens with one attached hydrogen (secondary N) is 7. The van der Waals surface area contributed by atoms with Gasteiger partial charge in [0.25, 0.3) is 0 Å². The van der Waals surface area contributed by atoms with Gasteiger partial charge in [-0.1, -0.05) is 61.8 Å². The predicted octanol–water partition coefficient (Wildman–Crippen LogP) is -2.34. The van der Waals surface area contributed by atoms with Crippen LogP contribution in [0, 0.1) is 23.7 Å². The third-order valence-corrected chi connectivity index (χ3v) is 11.9. The summed E-state index contributed by atoms with van der Waals surface area (Å²) in [7, 11) is 0. The zero-order valence-corrected chi connectivity index (χ0v) is 43.7. The Hall–Kier alpha value is -6.11. The molecule has 1 fully saturated rings. The second-order valence-corrected chi connectivity index (χ2v) is 20.1. The van der Waals surface area contributed by atoms with Crippen molar-refractivity contribution in [3.8, 4) is 0 Å². The van der Waals surface area contributed by atoms with Crippen LogP contribution in [0.15, 0.2) is 4.99 Å². The van der Waals surface area contributed by atoms with E-state index >= 15 is 0 Å². The molecule has 1 saturated heterocycles. The Morgan fingerprint density at radius 3 is 1.62 bits per heavy atom. The number of primary amides is 1. The van der Waals surface area contributed by atoms with Gasteiger partial charge in [0, 0.05) is 19.5 Å². The van der Waals surface area contributed by atoms with E-state index in [2.05, 4.69) is 42.2 Å². The average Bonchev–Trinajstić information content (AvgIpc) is 3.78. The van der Waals surface area contributed by atoms with E-state index in [-0.39, 0.29) is 75.8 Å². The molecule has 0 aromatic rings. The summed E-state index contributed by atoms with van der Waals surface area (Å²) in [4.78, 5) is 139. The second kappa shape index (κ2) is 32.1. The van der Waals surface area contributed by atoms with Crippen molar-refractivity contribution in [2.45, 2.75) is 187 Å². The summed E-state index contributed by atoms with van der Waals surface area (Å²) in [6.07, 6.45) is 1.97. The summed E-state index contributed by atoms with van der Waals surface area (Å²) in [5.41, 5.74) is 28.2. The fourth-order valence-electron chi connectivity index (χ4n) is 7.91. The quantitative estimate of drug-likeness (QED) is 0.0186. The van der Waals surface area contributed by atoms with Gasteiger partial charge in [0.2, 0.25) is 53.2 Å². The van der Waals surface area contributed by atoms with Crippen molar-refractivity contribution < 1.29 is 53.1 Å². The van der Waals surface area contributed by atoms with Crippen LogP contribution in [0.5, 0.6) is 0 Å². The number of rotatable bonds is 33. The molecule has 1 aliphatic heterocycles. The van der Waals surface area contributed by atoms with Crippen molar-refractivity contribution in [1.29, 1.82) is 0 Å². The Morgan fingerprint density at radius 2 is 1.12 bits per heavy atom. The number of aliphatic carboxylic acids is 1. The van der Waals surface area contributed by atoms with Gasteiger partial charge in [-0.15, -0.1) is 0 Å². The lowest BCUT2D eigenvalue weighted by Gasteiger charge is -2.31. The van der Waals surface area contributed by atoms with E-state index in [0.717, 1.165) is 0 Å². The van der Waals surface area contributed by atoms with Gasteiger partial charge < -0.3 is 75.9 Å². The Balaban J connectivity index is 3.45. The number of nitrogens with zero attached hydrogens (tertiary/aromatic N) is 2. The molecule has 9 atom stereocenters. The number of likely N-dealkylation sites (tertiary alicyclic amines) is 1. The molecule has 0 bridgehead atoms. The summed E-state index contributed by atoms with van der Waals surface area (Å²) >= 11 is 0. The smallest absolute Gasteiger partial charge is 0.326 e. The van der Waals surface area contributed by atoms with Crippen molar-refractivity contribution in [2.75, 3.05) is 19.6 Å². The van der Waals surface area contributed by atoms with E-state index in [0.29, 0.717) is 32.2 Å². The van der Waals surface area contributed by atoms with E-state index in [1.165, 1.54) is 11.8 Å². The lowest BCUT2D eigenvalue weighted by Crippen LogP contribution is -2.60. The first-order valence-corrected chi connectivity index (χ1v) is 25.1. The van der Waals surface area contributed by atoms with E-state index in [1.54, 1.807) is 27.7 Å². The van der Waals surface area contributed by atoms with E-state index in [4.69, 9.17) is 28.7 Å². The number of carbonyl (C=O) groups is 10. The molecule has 72 heavy (non-hydrogen) atoms. The second-order valence-electron chi connectivity index (χ2n) is 20.1. The standard InChI is InChI=1S/C47H86N14O11/c1-24(2)22-32(57-39(64)29(49)14-10-11-19-48)42(67)58-33(23-25(3)4)41(66)55-30(17-18-35(50)62)40(65)56-31(15-12-20-53-47(51)52)45(70)61-21-13-16-34(61)43(68)59-36(26(5)6)44(69)54-28(9)38(63)60-37(27(7)8)46(71)72/h24-34,36-37H,10-23,48-49H2,1-9H3,(H2,50,62)(H,54,69)(H,55,66)(H,56,65)(H,57,64)(H,58,67)(H,59,68)(H,60,63)(H,71,72)(H4,51,52,53)/t28-,29-,30-,31-,32-,33-,34-,36-,37-/m0/s1. The molecular weight excluding hydrogens is 937 g/mol. The summed E-state index contributed by atoms with van der Waals surface area (Å²) in [5.74, 6) is -9.13. The molecule has 0 aromatic heterocycles. The monoisotopic (exact) mass is 1020 g/mol. The number of hydrogen-bond acceptors (Lipinski definition) is 13. The first kappa shape index (κ1) is 63.9. The predicted molar refractivity (Wildman–Crippen MR) is 269 cm³/mol. The molecule has 0 spiro atoms. The number of aliphatic imine (C=N–C) groups is 1. The molecule has 25 nitrogen and oxygen atoms in total. The van der Waals surface area contributed by atoms with E-state index in [1.807, 2.05) is 27.7 Å². The minimum Gasteiger partial charge on any atom is -0.480 e. The van der Waals surface area contributed by atoms with Crippen LogP contribution in [0.3, 0.4) is 0 Å². The highest BCUT2D eigenvalue weighted by Gasteiger charge is 2.41. The number of guanidine groups is 1. The number of unbranched alkanes of at least 4 members (excludes halogenated alkanes) is 1. The topological polar surface area (TPSA) is 421 Å². The first-order valence-electron chi connectivity index (χ1n) is 25.1. The third-order valence-electron chi connectivity index (χ3n) is 11.9. The molecule has 25 heteroatoms. The van der Waals surface area contributed by atoms with Crippen molar-refractivity contribution in [3.63, 3.8) is 0 Å². The third kappa shape index (κ3) is 23.0. The number of carboxylic acid groups (broad SMARTS) is 1. The van der Waals surface area contributed by atoms with Crippen LogP contribution in [-0.4, -0.2) is 149 Å². The molecule has 1 aliphatic rings. The maximum Gasteiger partial charge on any atom is 0.326 e. The fourth-order valence-corrected chi connectivity index (χ4v) is 7.91. The maximum absolute atomic E-state index is 14.5. The average molecular weight is 1020 g/mol. The van der Waals surface area contributed by atoms with Crippen molar-refractivity contribution >= 4 is 65.1 Å². The van der Waals surface area contributed by atoms with Crippen LogP contribution >= 0.6 is 0 Å². The molecule has 0 radical (unpaired) electrons. The number of nitrogens with two attached hydrogens (primary N) is 5. The Bertz CT molecular complexity index is 1880.